The van der Waals surface area contributed by atoms with Crippen molar-refractivity contribution in [3.63, 3.8) is 0 Å². The maximum absolute atomic E-state index is 11.7. The molecule has 1 atom stereocenters. The zero-order valence-corrected chi connectivity index (χ0v) is 10.1. The van der Waals surface area contributed by atoms with Gasteiger partial charge in [0.15, 0.2) is 6.04 Å². The first kappa shape index (κ1) is 15.7. The number of nitrogens with one attached hydrogen (secondary N) is 1. The molecule has 100 valence electrons. The number of amides is 2. The zero-order valence-electron chi connectivity index (χ0n) is 10.1. The fourth-order valence-corrected chi connectivity index (χ4v) is 1.25. The number of aliphatic hydroxyl groups excluding tert-OH is 2. The van der Waals surface area contributed by atoms with E-state index in [4.69, 9.17) is 15.3 Å². The maximum atomic E-state index is 11.7. The molecule has 0 aromatic carbocycles. The lowest BCUT2D eigenvalue weighted by Crippen LogP contribution is -2.51. The van der Waals surface area contributed by atoms with Gasteiger partial charge in [-0.2, -0.15) is 0 Å². The molecular weight excluding hydrogens is 228 g/mol. The SMILES string of the molecule is CC(C)N(CCCO)C(=O)NC(CO)C(=O)O. The van der Waals surface area contributed by atoms with Crippen LogP contribution in [-0.4, -0.2) is 64.1 Å². The summed E-state index contributed by atoms with van der Waals surface area (Å²) in [5.74, 6) is -1.29. The average molecular weight is 248 g/mol. The first-order valence-corrected chi connectivity index (χ1v) is 5.45. The zero-order chi connectivity index (χ0) is 13.4. The quantitative estimate of drug-likeness (QED) is 0.473. The van der Waals surface area contributed by atoms with Gasteiger partial charge in [0.2, 0.25) is 0 Å². The van der Waals surface area contributed by atoms with Crippen LogP contribution < -0.4 is 5.32 Å². The lowest BCUT2D eigenvalue weighted by molar-refractivity contribution is -0.140. The van der Waals surface area contributed by atoms with Crippen molar-refractivity contribution < 1.29 is 24.9 Å². The number of nitrogens with zero attached hydrogens (tertiary/aromatic N) is 1. The number of aliphatic carboxylic acids is 1. The third-order valence-electron chi connectivity index (χ3n) is 2.22. The van der Waals surface area contributed by atoms with Crippen molar-refractivity contribution in [1.82, 2.24) is 10.2 Å². The van der Waals surface area contributed by atoms with Gasteiger partial charge in [-0.1, -0.05) is 0 Å². The maximum Gasteiger partial charge on any atom is 0.328 e. The summed E-state index contributed by atoms with van der Waals surface area (Å²) in [6, 6.07) is -1.98. The highest BCUT2D eigenvalue weighted by atomic mass is 16.4. The Kier molecular flexibility index (Phi) is 7.24. The van der Waals surface area contributed by atoms with Crippen LogP contribution in [0.2, 0.25) is 0 Å². The summed E-state index contributed by atoms with van der Waals surface area (Å²) in [5.41, 5.74) is 0. The van der Waals surface area contributed by atoms with E-state index < -0.39 is 24.6 Å². The van der Waals surface area contributed by atoms with E-state index >= 15 is 0 Å². The third-order valence-corrected chi connectivity index (χ3v) is 2.22. The van der Waals surface area contributed by atoms with E-state index in [0.717, 1.165) is 0 Å². The van der Waals surface area contributed by atoms with Crippen LogP contribution in [0.15, 0.2) is 0 Å². The fourth-order valence-electron chi connectivity index (χ4n) is 1.25. The first-order valence-electron chi connectivity index (χ1n) is 5.45. The summed E-state index contributed by atoms with van der Waals surface area (Å²) in [6.45, 7) is 3.20. The second-order valence-corrected chi connectivity index (χ2v) is 3.89. The summed E-state index contributed by atoms with van der Waals surface area (Å²) < 4.78 is 0. The Hall–Kier alpha value is -1.34. The first-order chi connectivity index (χ1) is 7.93. The van der Waals surface area contributed by atoms with E-state index in [2.05, 4.69) is 5.32 Å². The molecule has 0 radical (unpaired) electrons. The molecule has 7 heteroatoms. The number of carbonyl (C=O) groups is 2. The molecule has 0 rings (SSSR count). The van der Waals surface area contributed by atoms with Crippen LogP contribution in [0.25, 0.3) is 0 Å². The van der Waals surface area contributed by atoms with E-state index in [1.807, 2.05) is 0 Å². The van der Waals surface area contributed by atoms with Gasteiger partial charge in [-0.05, 0) is 20.3 Å². The van der Waals surface area contributed by atoms with Crippen LogP contribution in [0.1, 0.15) is 20.3 Å². The Bertz CT molecular complexity index is 257. The van der Waals surface area contributed by atoms with Gasteiger partial charge in [-0.3, -0.25) is 0 Å². The molecule has 2 amide bonds. The van der Waals surface area contributed by atoms with Crippen molar-refractivity contribution in [1.29, 1.82) is 0 Å². The molecule has 0 saturated carbocycles. The molecule has 0 spiro atoms. The standard InChI is InChI=1S/C10H20N2O5/c1-7(2)12(4-3-5-13)10(17)11-8(6-14)9(15)16/h7-8,13-14H,3-6H2,1-2H3,(H,11,17)(H,15,16). The van der Waals surface area contributed by atoms with Crippen LogP contribution in [-0.2, 0) is 4.79 Å². The molecule has 0 aliphatic rings. The van der Waals surface area contributed by atoms with Crippen molar-refractivity contribution >= 4 is 12.0 Å². The van der Waals surface area contributed by atoms with Gasteiger partial charge in [0, 0.05) is 19.2 Å². The van der Waals surface area contributed by atoms with Gasteiger partial charge >= 0.3 is 12.0 Å². The van der Waals surface area contributed by atoms with E-state index in [9.17, 15) is 9.59 Å². The Morgan fingerprint density at radius 2 is 1.88 bits per heavy atom. The Labute approximate surface area is 100 Å². The lowest BCUT2D eigenvalue weighted by Gasteiger charge is -2.28. The van der Waals surface area contributed by atoms with Gasteiger partial charge in [-0.15, -0.1) is 0 Å². The molecule has 0 fully saturated rings. The second-order valence-electron chi connectivity index (χ2n) is 3.89. The van der Waals surface area contributed by atoms with Crippen LogP contribution >= 0.6 is 0 Å². The molecule has 0 aromatic heterocycles. The predicted molar refractivity (Wildman–Crippen MR) is 60.6 cm³/mol. The highest BCUT2D eigenvalue weighted by molar-refractivity contribution is 5.82. The molecule has 7 nitrogen and oxygen atoms in total. The lowest BCUT2D eigenvalue weighted by atomic mass is 10.3. The van der Waals surface area contributed by atoms with Crippen molar-refractivity contribution in [3.8, 4) is 0 Å². The van der Waals surface area contributed by atoms with Crippen molar-refractivity contribution in [2.45, 2.75) is 32.4 Å². The molecule has 0 heterocycles. The Morgan fingerprint density at radius 1 is 1.29 bits per heavy atom. The summed E-state index contributed by atoms with van der Waals surface area (Å²) >= 11 is 0. The minimum Gasteiger partial charge on any atom is -0.480 e. The van der Waals surface area contributed by atoms with Gasteiger partial charge in [-0.25, -0.2) is 9.59 Å². The van der Waals surface area contributed by atoms with Gasteiger partial charge in [0.05, 0.1) is 6.61 Å². The molecule has 0 aliphatic carbocycles. The Morgan fingerprint density at radius 3 is 2.24 bits per heavy atom. The number of rotatable bonds is 7. The van der Waals surface area contributed by atoms with Crippen LogP contribution in [0.4, 0.5) is 4.79 Å². The summed E-state index contributed by atoms with van der Waals surface area (Å²) in [6.07, 6.45) is 0.419. The largest absolute Gasteiger partial charge is 0.480 e. The number of carbonyl (C=O) groups excluding carboxylic acids is 1. The summed E-state index contributed by atoms with van der Waals surface area (Å²) in [4.78, 5) is 23.8. The minimum atomic E-state index is -1.31. The number of hydrogen-bond acceptors (Lipinski definition) is 4. The van der Waals surface area contributed by atoms with E-state index in [1.165, 1.54) is 4.90 Å². The molecule has 0 saturated heterocycles. The number of carboxylic acid groups (broad SMARTS) is 1. The van der Waals surface area contributed by atoms with E-state index in [1.54, 1.807) is 13.8 Å². The van der Waals surface area contributed by atoms with Crippen LogP contribution in [0.5, 0.6) is 0 Å². The molecule has 4 N–H and O–H groups in total. The van der Waals surface area contributed by atoms with E-state index in [0.29, 0.717) is 13.0 Å². The minimum absolute atomic E-state index is 0.0428. The number of carboxylic acids is 1. The molecule has 0 aromatic rings. The number of urea groups is 1. The smallest absolute Gasteiger partial charge is 0.328 e. The average Bonchev–Trinajstić information content (AvgIpc) is 2.25. The van der Waals surface area contributed by atoms with Crippen molar-refractivity contribution in [2.75, 3.05) is 19.8 Å². The molecule has 0 aliphatic heterocycles. The molecular formula is C10H20N2O5. The normalized spacial score (nSPS) is 12.3. The second kappa shape index (κ2) is 7.86. The third kappa shape index (κ3) is 5.50. The molecule has 17 heavy (non-hydrogen) atoms. The van der Waals surface area contributed by atoms with Gasteiger partial charge in [0.1, 0.15) is 0 Å². The fraction of sp³-hybridized carbons (Fsp3) is 0.800. The molecule has 1 unspecified atom stereocenters. The van der Waals surface area contributed by atoms with Gasteiger partial charge < -0.3 is 25.5 Å². The van der Waals surface area contributed by atoms with Crippen molar-refractivity contribution in [3.05, 3.63) is 0 Å². The predicted octanol–water partition coefficient (Wildman–Crippen LogP) is -0.766. The van der Waals surface area contributed by atoms with Gasteiger partial charge in [0.25, 0.3) is 0 Å². The van der Waals surface area contributed by atoms with E-state index in [-0.39, 0.29) is 12.6 Å². The summed E-state index contributed by atoms with van der Waals surface area (Å²) in [5, 5.41) is 28.4. The highest BCUT2D eigenvalue weighted by Crippen LogP contribution is 2.01. The monoisotopic (exact) mass is 248 g/mol. The van der Waals surface area contributed by atoms with Crippen molar-refractivity contribution in [2.24, 2.45) is 0 Å². The Balaban J connectivity index is 4.45. The van der Waals surface area contributed by atoms with Crippen LogP contribution in [0, 0.1) is 0 Å². The highest BCUT2D eigenvalue weighted by Gasteiger charge is 2.23. The molecule has 0 bridgehead atoms. The summed E-state index contributed by atoms with van der Waals surface area (Å²) in [7, 11) is 0. The number of hydrogen-bond donors (Lipinski definition) is 4. The topological polar surface area (TPSA) is 110 Å². The number of aliphatic hydroxyl groups is 2. The van der Waals surface area contributed by atoms with Crippen LogP contribution in [0.3, 0.4) is 0 Å².